The van der Waals surface area contributed by atoms with Crippen molar-refractivity contribution in [1.82, 2.24) is 33.0 Å². The first-order chi connectivity index (χ1) is 19.4. The SMILES string of the molecule is Cc1ncn(S(=O)(=O)c2ccc(NC(=O)Cn3c(=O)ccc4cnc(NC5CCN(S(C)(=O)=O)CC5)nc43)cc2)n1. The number of carbonyl (C=O) groups is 1. The van der Waals surface area contributed by atoms with Crippen molar-refractivity contribution in [3.05, 3.63) is 65.1 Å². The maximum Gasteiger partial charge on any atom is 0.284 e. The Hall–Kier alpha value is -4.22. The predicted molar refractivity (Wildman–Crippen MR) is 149 cm³/mol. The van der Waals surface area contributed by atoms with Crippen LogP contribution in [0, 0.1) is 6.92 Å². The number of pyridine rings is 1. The van der Waals surface area contributed by atoms with Crippen LogP contribution < -0.4 is 16.2 Å². The normalized spacial score (nSPS) is 15.2. The van der Waals surface area contributed by atoms with Gasteiger partial charge < -0.3 is 10.6 Å². The third-order valence-corrected chi connectivity index (χ3v) is 9.39. The van der Waals surface area contributed by atoms with Crippen molar-refractivity contribution in [3.8, 4) is 0 Å². The predicted octanol–water partition coefficient (Wildman–Crippen LogP) is 0.403. The highest BCUT2D eigenvalue weighted by Crippen LogP contribution is 2.19. The van der Waals surface area contributed by atoms with Crippen molar-refractivity contribution in [1.29, 1.82) is 0 Å². The summed E-state index contributed by atoms with van der Waals surface area (Å²) in [6, 6.07) is 8.35. The van der Waals surface area contributed by atoms with Gasteiger partial charge in [0.2, 0.25) is 21.9 Å². The van der Waals surface area contributed by atoms with Crippen LogP contribution in [0.25, 0.3) is 11.0 Å². The summed E-state index contributed by atoms with van der Waals surface area (Å²) < 4.78 is 52.3. The number of nitrogens with zero attached hydrogens (tertiary/aromatic N) is 7. The lowest BCUT2D eigenvalue weighted by atomic mass is 10.1. The first kappa shape index (κ1) is 28.3. The molecule has 0 radical (unpaired) electrons. The van der Waals surface area contributed by atoms with Gasteiger partial charge in [0, 0.05) is 42.5 Å². The third kappa shape index (κ3) is 6.26. The highest BCUT2D eigenvalue weighted by atomic mass is 32.2. The highest BCUT2D eigenvalue weighted by molar-refractivity contribution is 7.89. The van der Waals surface area contributed by atoms with E-state index in [4.69, 9.17) is 0 Å². The Morgan fingerprint density at radius 3 is 2.37 bits per heavy atom. The molecule has 1 aliphatic heterocycles. The Labute approximate surface area is 235 Å². The van der Waals surface area contributed by atoms with E-state index in [0.717, 1.165) is 10.4 Å². The largest absolute Gasteiger partial charge is 0.351 e. The fraction of sp³-hybridized carbons (Fsp3) is 0.333. The molecule has 1 amide bonds. The molecule has 3 aromatic heterocycles. The zero-order chi connectivity index (χ0) is 29.4. The molecule has 1 fully saturated rings. The fourth-order valence-corrected chi connectivity index (χ4v) is 6.38. The second-order valence-corrected chi connectivity index (χ2v) is 13.3. The first-order valence-corrected chi connectivity index (χ1v) is 15.8. The average Bonchev–Trinajstić information content (AvgIpc) is 3.38. The van der Waals surface area contributed by atoms with Crippen LogP contribution in [0.15, 0.2) is 58.6 Å². The van der Waals surface area contributed by atoms with Crippen LogP contribution >= 0.6 is 0 Å². The standard InChI is InChI=1S/C24H27N9O6S2/c1-16-26-15-33(30-16)41(38,39)20-6-4-18(5-7-20)27-21(34)14-32-22(35)8-3-17-13-25-24(29-23(17)32)28-19-9-11-31(12-10-19)40(2,36)37/h3-8,13,15,19H,9-12,14H2,1-2H3,(H,27,34)(H,25,28,29). The minimum atomic E-state index is -3.93. The van der Waals surface area contributed by atoms with Crippen molar-refractivity contribution in [2.24, 2.45) is 0 Å². The monoisotopic (exact) mass is 601 g/mol. The number of anilines is 2. The lowest BCUT2D eigenvalue weighted by Gasteiger charge is -2.30. The van der Waals surface area contributed by atoms with Gasteiger partial charge in [-0.1, -0.05) is 0 Å². The summed E-state index contributed by atoms with van der Waals surface area (Å²) in [4.78, 5) is 38.2. The van der Waals surface area contributed by atoms with Crippen LogP contribution in [0.3, 0.4) is 0 Å². The molecule has 17 heteroatoms. The van der Waals surface area contributed by atoms with Crippen molar-refractivity contribution in [3.63, 3.8) is 0 Å². The highest BCUT2D eigenvalue weighted by Gasteiger charge is 2.25. The average molecular weight is 602 g/mol. The lowest BCUT2D eigenvalue weighted by molar-refractivity contribution is -0.116. The zero-order valence-electron chi connectivity index (χ0n) is 22.1. The number of piperidine rings is 1. The number of carbonyl (C=O) groups excluding carboxylic acids is 1. The molecule has 1 aromatic carbocycles. The zero-order valence-corrected chi connectivity index (χ0v) is 23.8. The summed E-state index contributed by atoms with van der Waals surface area (Å²) in [5, 5.41) is 10.2. The molecule has 0 unspecified atom stereocenters. The molecule has 5 rings (SSSR count). The van der Waals surface area contributed by atoms with Gasteiger partial charge in [0.15, 0.2) is 0 Å². The molecule has 0 spiro atoms. The van der Waals surface area contributed by atoms with E-state index in [2.05, 4.69) is 30.7 Å². The Kier molecular flexibility index (Phi) is 7.58. The van der Waals surface area contributed by atoms with E-state index in [0.29, 0.717) is 42.8 Å². The Balaban J connectivity index is 1.29. The molecular formula is C24H27N9O6S2. The molecule has 2 N–H and O–H groups in total. The number of hydrogen-bond donors (Lipinski definition) is 2. The number of aromatic nitrogens is 6. The second-order valence-electron chi connectivity index (χ2n) is 9.55. The van der Waals surface area contributed by atoms with Gasteiger partial charge in [0.05, 0.1) is 11.2 Å². The molecule has 0 bridgehead atoms. The minimum absolute atomic E-state index is 0.0376. The summed E-state index contributed by atoms with van der Waals surface area (Å²) in [7, 11) is -7.18. The molecule has 1 aliphatic rings. The van der Waals surface area contributed by atoms with E-state index < -0.39 is 31.5 Å². The van der Waals surface area contributed by atoms with Crippen LogP contribution in [0.5, 0.6) is 0 Å². The van der Waals surface area contributed by atoms with Crippen LogP contribution in [0.1, 0.15) is 18.7 Å². The van der Waals surface area contributed by atoms with E-state index in [1.807, 2.05) is 0 Å². The summed E-state index contributed by atoms with van der Waals surface area (Å²) in [6.45, 7) is 1.98. The number of sulfonamides is 1. The smallest absolute Gasteiger partial charge is 0.284 e. The number of benzene rings is 1. The summed E-state index contributed by atoms with van der Waals surface area (Å²) in [5.74, 6) is 0.0436. The van der Waals surface area contributed by atoms with Gasteiger partial charge in [-0.2, -0.15) is 13.4 Å². The number of nitrogens with one attached hydrogen (secondary N) is 2. The molecule has 15 nitrogen and oxygen atoms in total. The lowest BCUT2D eigenvalue weighted by Crippen LogP contribution is -2.42. The number of fused-ring (bicyclic) bond motifs is 1. The topological polar surface area (TPSA) is 191 Å². The van der Waals surface area contributed by atoms with Crippen molar-refractivity contribution in [2.45, 2.75) is 37.2 Å². The number of hydrogen-bond acceptors (Lipinski definition) is 11. The maximum absolute atomic E-state index is 12.9. The first-order valence-electron chi connectivity index (χ1n) is 12.5. The molecule has 0 saturated carbocycles. The molecular weight excluding hydrogens is 574 g/mol. The molecule has 0 atom stereocenters. The van der Waals surface area contributed by atoms with E-state index in [-0.39, 0.29) is 29.1 Å². The number of amides is 1. The van der Waals surface area contributed by atoms with Crippen molar-refractivity contribution >= 4 is 48.6 Å². The Morgan fingerprint density at radius 2 is 1.73 bits per heavy atom. The Morgan fingerprint density at radius 1 is 1.02 bits per heavy atom. The van der Waals surface area contributed by atoms with Gasteiger partial charge in [0.1, 0.15) is 24.3 Å². The van der Waals surface area contributed by atoms with Crippen LogP contribution in [-0.2, 0) is 31.4 Å². The molecule has 216 valence electrons. The van der Waals surface area contributed by atoms with Gasteiger partial charge in [-0.3, -0.25) is 14.2 Å². The molecule has 41 heavy (non-hydrogen) atoms. The number of rotatable bonds is 8. The van der Waals surface area contributed by atoms with Crippen LogP contribution in [-0.4, -0.2) is 81.1 Å². The molecule has 1 saturated heterocycles. The van der Waals surface area contributed by atoms with E-state index in [1.165, 1.54) is 45.5 Å². The van der Waals surface area contributed by atoms with Gasteiger partial charge in [0.25, 0.3) is 15.6 Å². The van der Waals surface area contributed by atoms with Gasteiger partial charge in [-0.25, -0.2) is 22.7 Å². The van der Waals surface area contributed by atoms with E-state index >= 15 is 0 Å². The molecule has 4 heterocycles. The van der Waals surface area contributed by atoms with E-state index in [1.54, 1.807) is 19.2 Å². The van der Waals surface area contributed by atoms with E-state index in [9.17, 15) is 26.4 Å². The van der Waals surface area contributed by atoms with Gasteiger partial charge in [-0.15, -0.1) is 9.19 Å². The van der Waals surface area contributed by atoms with Crippen LogP contribution in [0.2, 0.25) is 0 Å². The summed E-state index contributed by atoms with van der Waals surface area (Å²) in [6.07, 6.45) is 4.96. The summed E-state index contributed by atoms with van der Waals surface area (Å²) in [5.41, 5.74) is 0.140. The molecule has 0 aliphatic carbocycles. The second kappa shape index (κ2) is 11.0. The summed E-state index contributed by atoms with van der Waals surface area (Å²) >= 11 is 0. The Bertz CT molecular complexity index is 1880. The van der Waals surface area contributed by atoms with Gasteiger partial charge in [-0.05, 0) is 50.1 Å². The quantitative estimate of drug-likeness (QED) is 0.284. The van der Waals surface area contributed by atoms with Gasteiger partial charge >= 0.3 is 0 Å². The van der Waals surface area contributed by atoms with Crippen molar-refractivity contribution in [2.75, 3.05) is 30.0 Å². The maximum atomic E-state index is 12.9. The third-order valence-electron chi connectivity index (χ3n) is 6.55. The van der Waals surface area contributed by atoms with Crippen molar-refractivity contribution < 1.29 is 21.6 Å². The number of aryl methyl sites for hydroxylation is 1. The van der Waals surface area contributed by atoms with Crippen LogP contribution in [0.4, 0.5) is 11.6 Å². The fourth-order valence-electron chi connectivity index (χ4n) is 4.41. The minimum Gasteiger partial charge on any atom is -0.351 e. The molecule has 4 aromatic rings.